The summed E-state index contributed by atoms with van der Waals surface area (Å²) in [4.78, 5) is 15.0. The lowest BCUT2D eigenvalue weighted by atomic mass is 10.0. The van der Waals surface area contributed by atoms with Gasteiger partial charge in [0.25, 0.3) is 0 Å². The van der Waals surface area contributed by atoms with Crippen LogP contribution in [0.3, 0.4) is 0 Å². The summed E-state index contributed by atoms with van der Waals surface area (Å²) in [5.41, 5.74) is 2.34. The molecule has 1 amide bonds. The highest BCUT2D eigenvalue weighted by Crippen LogP contribution is 2.24. The molecule has 1 saturated heterocycles. The number of rotatable bonds is 5. The summed E-state index contributed by atoms with van der Waals surface area (Å²) in [6, 6.07) is 18.6. The first-order valence-corrected chi connectivity index (χ1v) is 9.86. The van der Waals surface area contributed by atoms with E-state index in [1.807, 2.05) is 41.1 Å². The normalized spacial score (nSPS) is 15.9. The first-order chi connectivity index (χ1) is 13.2. The Morgan fingerprint density at radius 3 is 2.59 bits per heavy atom. The van der Waals surface area contributed by atoms with E-state index in [0.29, 0.717) is 6.54 Å². The van der Waals surface area contributed by atoms with Crippen molar-refractivity contribution in [3.8, 4) is 0 Å². The molecule has 0 bridgehead atoms. The molecule has 2 aromatic carbocycles. The number of likely N-dealkylation sites (tertiary alicyclic amines) is 1. The van der Waals surface area contributed by atoms with Crippen molar-refractivity contribution in [2.75, 3.05) is 13.1 Å². The molecule has 1 N–H and O–H groups in total. The number of carbonyl (C=O) groups is 1. The maximum Gasteiger partial charge on any atom is 0.240 e. The standard InChI is InChI=1S/C22H24ClN3O/c23-20-7-4-8-21-19(20)11-14-26(21)16-22(27)24-18-9-12-25(13-10-18)15-17-5-2-1-3-6-17/h1-8,11,14,18H,9-10,12-13,15-16H2,(H,24,27). The average molecular weight is 382 g/mol. The van der Waals surface area contributed by atoms with Gasteiger partial charge < -0.3 is 9.88 Å². The van der Waals surface area contributed by atoms with Crippen molar-refractivity contribution in [3.63, 3.8) is 0 Å². The zero-order valence-corrected chi connectivity index (χ0v) is 16.0. The second-order valence-corrected chi connectivity index (χ2v) is 7.63. The van der Waals surface area contributed by atoms with Gasteiger partial charge >= 0.3 is 0 Å². The number of benzene rings is 2. The maximum absolute atomic E-state index is 12.5. The number of hydrogen-bond donors (Lipinski definition) is 1. The van der Waals surface area contributed by atoms with E-state index in [4.69, 9.17) is 11.6 Å². The van der Waals surface area contributed by atoms with Crippen molar-refractivity contribution in [1.29, 1.82) is 0 Å². The van der Waals surface area contributed by atoms with E-state index in [2.05, 4.69) is 34.5 Å². The van der Waals surface area contributed by atoms with E-state index in [-0.39, 0.29) is 11.9 Å². The van der Waals surface area contributed by atoms with E-state index >= 15 is 0 Å². The third-order valence-corrected chi connectivity index (χ3v) is 5.61. The topological polar surface area (TPSA) is 37.3 Å². The number of nitrogens with zero attached hydrogens (tertiary/aromatic N) is 2. The zero-order valence-electron chi connectivity index (χ0n) is 15.3. The maximum atomic E-state index is 12.5. The Morgan fingerprint density at radius 2 is 1.81 bits per heavy atom. The molecule has 1 aromatic heterocycles. The van der Waals surface area contributed by atoms with Gasteiger partial charge in [0.05, 0.1) is 0 Å². The molecule has 3 aromatic rings. The van der Waals surface area contributed by atoms with Gasteiger partial charge in [-0.05, 0) is 36.6 Å². The quantitative estimate of drug-likeness (QED) is 0.723. The predicted octanol–water partition coefficient (Wildman–Crippen LogP) is 4.08. The number of carbonyl (C=O) groups excluding carboxylic acids is 1. The monoisotopic (exact) mass is 381 g/mol. The molecule has 0 radical (unpaired) electrons. The van der Waals surface area contributed by atoms with Crippen LogP contribution in [0.4, 0.5) is 0 Å². The minimum absolute atomic E-state index is 0.0639. The van der Waals surface area contributed by atoms with Crippen molar-refractivity contribution in [2.45, 2.75) is 32.0 Å². The first-order valence-electron chi connectivity index (χ1n) is 9.48. The van der Waals surface area contributed by atoms with Gasteiger partial charge in [-0.15, -0.1) is 0 Å². The van der Waals surface area contributed by atoms with Gasteiger partial charge in [-0.2, -0.15) is 0 Å². The van der Waals surface area contributed by atoms with Crippen molar-refractivity contribution in [2.24, 2.45) is 0 Å². The van der Waals surface area contributed by atoms with Gasteiger partial charge in [-0.1, -0.05) is 48.0 Å². The smallest absolute Gasteiger partial charge is 0.240 e. The summed E-state index contributed by atoms with van der Waals surface area (Å²) >= 11 is 6.22. The Bertz CT molecular complexity index is 914. The third kappa shape index (κ3) is 4.34. The fourth-order valence-corrected chi connectivity index (χ4v) is 4.06. The highest BCUT2D eigenvalue weighted by atomic mass is 35.5. The van der Waals surface area contributed by atoms with E-state index in [0.717, 1.165) is 48.4 Å². The molecule has 4 rings (SSSR count). The third-order valence-electron chi connectivity index (χ3n) is 5.28. The number of nitrogens with one attached hydrogen (secondary N) is 1. The summed E-state index contributed by atoms with van der Waals surface area (Å²) in [6.07, 6.45) is 3.92. The number of amides is 1. The van der Waals surface area contributed by atoms with Gasteiger partial charge in [-0.25, -0.2) is 0 Å². The molecule has 1 fully saturated rings. The van der Waals surface area contributed by atoms with E-state index in [1.165, 1.54) is 5.56 Å². The Labute approximate surface area is 164 Å². The molecular formula is C22H24ClN3O. The van der Waals surface area contributed by atoms with Gasteiger partial charge in [0.15, 0.2) is 0 Å². The van der Waals surface area contributed by atoms with Crippen molar-refractivity contribution >= 4 is 28.4 Å². The molecule has 1 aliphatic heterocycles. The van der Waals surface area contributed by atoms with Crippen molar-refractivity contribution < 1.29 is 4.79 Å². The minimum atomic E-state index is 0.0639. The van der Waals surface area contributed by atoms with Crippen LogP contribution in [-0.2, 0) is 17.9 Å². The Morgan fingerprint density at radius 1 is 1.04 bits per heavy atom. The van der Waals surface area contributed by atoms with Crippen LogP contribution >= 0.6 is 11.6 Å². The van der Waals surface area contributed by atoms with Crippen LogP contribution in [0.2, 0.25) is 5.02 Å². The molecule has 0 aliphatic carbocycles. The van der Waals surface area contributed by atoms with Crippen LogP contribution in [-0.4, -0.2) is 34.5 Å². The molecule has 27 heavy (non-hydrogen) atoms. The first kappa shape index (κ1) is 18.1. The number of hydrogen-bond acceptors (Lipinski definition) is 2. The Balaban J connectivity index is 1.28. The lowest BCUT2D eigenvalue weighted by molar-refractivity contribution is -0.122. The largest absolute Gasteiger partial charge is 0.352 e. The fourth-order valence-electron chi connectivity index (χ4n) is 3.83. The average Bonchev–Trinajstić information content (AvgIpc) is 3.08. The van der Waals surface area contributed by atoms with Crippen LogP contribution in [0.1, 0.15) is 18.4 Å². The highest BCUT2D eigenvalue weighted by Gasteiger charge is 2.21. The van der Waals surface area contributed by atoms with Gasteiger partial charge in [0.2, 0.25) is 5.91 Å². The molecule has 5 heteroatoms. The van der Waals surface area contributed by atoms with Gasteiger partial charge in [0.1, 0.15) is 6.54 Å². The van der Waals surface area contributed by atoms with E-state index in [9.17, 15) is 4.79 Å². The number of piperidine rings is 1. The summed E-state index contributed by atoms with van der Waals surface area (Å²) in [7, 11) is 0. The second kappa shape index (κ2) is 8.15. The van der Waals surface area contributed by atoms with Crippen molar-refractivity contribution in [1.82, 2.24) is 14.8 Å². The van der Waals surface area contributed by atoms with Crippen molar-refractivity contribution in [3.05, 3.63) is 71.4 Å². The molecule has 2 heterocycles. The lowest BCUT2D eigenvalue weighted by Crippen LogP contribution is -2.45. The molecule has 1 aliphatic rings. The van der Waals surface area contributed by atoms with E-state index < -0.39 is 0 Å². The summed E-state index contributed by atoms with van der Waals surface area (Å²) in [5, 5.41) is 4.91. The molecule has 0 atom stereocenters. The molecular weight excluding hydrogens is 358 g/mol. The summed E-state index contributed by atoms with van der Waals surface area (Å²) in [6.45, 7) is 3.34. The molecule has 140 valence electrons. The van der Waals surface area contributed by atoms with Crippen LogP contribution in [0.15, 0.2) is 60.8 Å². The number of halogens is 1. The SMILES string of the molecule is O=C(Cn1ccc2c(Cl)cccc21)NC1CCN(Cc2ccccc2)CC1. The molecule has 4 nitrogen and oxygen atoms in total. The fraction of sp³-hybridized carbons (Fsp3) is 0.318. The highest BCUT2D eigenvalue weighted by molar-refractivity contribution is 6.35. The van der Waals surface area contributed by atoms with Crippen LogP contribution in [0.5, 0.6) is 0 Å². The Hall–Kier alpha value is -2.30. The van der Waals surface area contributed by atoms with Crippen LogP contribution < -0.4 is 5.32 Å². The molecule has 0 saturated carbocycles. The molecule has 0 unspecified atom stereocenters. The molecule has 0 spiro atoms. The van der Waals surface area contributed by atoms with E-state index in [1.54, 1.807) is 0 Å². The van der Waals surface area contributed by atoms with Gasteiger partial charge in [0, 0.05) is 47.8 Å². The predicted molar refractivity (Wildman–Crippen MR) is 110 cm³/mol. The number of aromatic nitrogens is 1. The summed E-state index contributed by atoms with van der Waals surface area (Å²) < 4.78 is 1.96. The summed E-state index contributed by atoms with van der Waals surface area (Å²) in [5.74, 6) is 0.0639. The minimum Gasteiger partial charge on any atom is -0.352 e. The zero-order chi connectivity index (χ0) is 18.6. The second-order valence-electron chi connectivity index (χ2n) is 7.22. The van der Waals surface area contributed by atoms with Crippen LogP contribution in [0, 0.1) is 0 Å². The van der Waals surface area contributed by atoms with Crippen LogP contribution in [0.25, 0.3) is 10.9 Å². The Kier molecular flexibility index (Phi) is 5.46. The number of fused-ring (bicyclic) bond motifs is 1. The lowest BCUT2D eigenvalue weighted by Gasteiger charge is -2.32. The van der Waals surface area contributed by atoms with Gasteiger partial charge in [-0.3, -0.25) is 9.69 Å².